The molecule has 0 atom stereocenters. The average Bonchev–Trinajstić information content (AvgIpc) is 3.21. The molecule has 7 heteroatoms. The van der Waals surface area contributed by atoms with Crippen LogP contribution in [0.1, 0.15) is 56.0 Å². The van der Waals surface area contributed by atoms with Crippen molar-refractivity contribution < 1.29 is 29.6 Å². The molecule has 0 radical (unpaired) electrons. The number of para-hydroxylation sites is 1. The molecule has 4 rings (SSSR count). The molecular weight excluding hydrogens is 410 g/mol. The number of unbranched alkanes of at least 4 members (excludes halogenated alkanes) is 2. The SMILES string of the molecule is [2H]C1(N(Cc2ccccc2OCCCCCC(=O)O)C(=O)c2cc(-c3ccco3)co2)CC1. The van der Waals surface area contributed by atoms with Crippen molar-refractivity contribution in [3.05, 3.63) is 66.3 Å². The molecule has 0 spiro atoms. The van der Waals surface area contributed by atoms with Gasteiger partial charge in [0.2, 0.25) is 0 Å². The number of aliphatic carboxylic acids is 1. The minimum atomic E-state index is -0.960. The fourth-order valence-corrected chi connectivity index (χ4v) is 3.49. The molecule has 0 saturated heterocycles. The maximum atomic E-state index is 13.3. The summed E-state index contributed by atoms with van der Waals surface area (Å²) in [4.78, 5) is 25.5. The Morgan fingerprint density at radius 1 is 1.12 bits per heavy atom. The molecule has 32 heavy (non-hydrogen) atoms. The van der Waals surface area contributed by atoms with Crippen LogP contribution in [0.2, 0.25) is 0 Å². The van der Waals surface area contributed by atoms with Crippen molar-refractivity contribution in [2.75, 3.05) is 6.61 Å². The van der Waals surface area contributed by atoms with Crippen LogP contribution in [0.3, 0.4) is 0 Å². The molecule has 0 aliphatic heterocycles. The van der Waals surface area contributed by atoms with E-state index in [2.05, 4.69) is 0 Å². The molecule has 168 valence electrons. The largest absolute Gasteiger partial charge is 0.493 e. The fourth-order valence-electron chi connectivity index (χ4n) is 3.49. The Balaban J connectivity index is 1.43. The first-order valence-electron chi connectivity index (χ1n) is 11.3. The van der Waals surface area contributed by atoms with Gasteiger partial charge in [-0.15, -0.1) is 0 Å². The summed E-state index contributed by atoms with van der Waals surface area (Å²) >= 11 is 0. The standard InChI is InChI=1S/C25H27NO6/c27-24(28)10-2-1-5-13-30-21-8-4-3-7-18(21)16-26(20-11-12-20)25(29)23-15-19(17-32-23)22-9-6-14-31-22/h3-4,6-9,14-15,17,20H,1-2,5,10-13,16H2,(H,27,28)/i20D. The summed E-state index contributed by atoms with van der Waals surface area (Å²) in [5, 5.41) is 8.73. The van der Waals surface area contributed by atoms with Gasteiger partial charge in [-0.25, -0.2) is 0 Å². The second-order valence-electron chi connectivity index (χ2n) is 7.80. The van der Waals surface area contributed by atoms with Crippen molar-refractivity contribution >= 4 is 11.9 Å². The third kappa shape index (κ3) is 5.60. The number of hydrogen-bond acceptors (Lipinski definition) is 5. The summed E-state index contributed by atoms with van der Waals surface area (Å²) in [6.07, 6.45) is 6.55. The lowest BCUT2D eigenvalue weighted by molar-refractivity contribution is -0.137. The van der Waals surface area contributed by atoms with Gasteiger partial charge in [0, 0.05) is 24.1 Å². The molecule has 7 nitrogen and oxygen atoms in total. The Labute approximate surface area is 188 Å². The predicted molar refractivity (Wildman–Crippen MR) is 117 cm³/mol. The monoisotopic (exact) mass is 438 g/mol. The minimum absolute atomic E-state index is 0.160. The molecule has 1 amide bonds. The third-order valence-corrected chi connectivity index (χ3v) is 5.31. The molecule has 1 aromatic carbocycles. The molecule has 3 aromatic rings. The van der Waals surface area contributed by atoms with Gasteiger partial charge in [0.25, 0.3) is 5.91 Å². The molecular formula is C25H27NO6. The number of carboxylic acid groups (broad SMARTS) is 1. The molecule has 1 N–H and O–H groups in total. The van der Waals surface area contributed by atoms with Gasteiger partial charge in [-0.3, -0.25) is 9.59 Å². The molecule has 1 aliphatic rings. The summed E-state index contributed by atoms with van der Waals surface area (Å²) in [5.74, 6) is 0.302. The van der Waals surface area contributed by atoms with E-state index in [4.69, 9.17) is 20.0 Å². The molecule has 2 aromatic heterocycles. The highest BCUT2D eigenvalue weighted by Gasteiger charge is 2.35. The lowest BCUT2D eigenvalue weighted by atomic mass is 10.1. The van der Waals surface area contributed by atoms with Gasteiger partial charge in [0.1, 0.15) is 17.8 Å². The quantitative estimate of drug-likeness (QED) is 0.382. The van der Waals surface area contributed by atoms with E-state index in [-0.39, 0.29) is 24.6 Å². The summed E-state index contributed by atoms with van der Waals surface area (Å²) in [5.41, 5.74) is 1.48. The lowest BCUT2D eigenvalue weighted by Crippen LogP contribution is -2.32. The lowest BCUT2D eigenvalue weighted by Gasteiger charge is -2.23. The summed E-state index contributed by atoms with van der Waals surface area (Å²) in [6, 6.07) is 11.7. The van der Waals surface area contributed by atoms with Crippen LogP contribution in [0.4, 0.5) is 0 Å². The van der Waals surface area contributed by atoms with Gasteiger partial charge in [0.05, 0.1) is 26.3 Å². The van der Waals surface area contributed by atoms with Crippen LogP contribution in [0.15, 0.2) is 63.8 Å². The number of rotatable bonds is 12. The third-order valence-electron chi connectivity index (χ3n) is 5.31. The van der Waals surface area contributed by atoms with Crippen molar-refractivity contribution in [3.8, 4) is 17.1 Å². The average molecular weight is 438 g/mol. The highest BCUT2D eigenvalue weighted by Crippen LogP contribution is 2.33. The van der Waals surface area contributed by atoms with E-state index in [0.717, 1.165) is 18.4 Å². The highest BCUT2D eigenvalue weighted by molar-refractivity contribution is 5.93. The number of carbonyl (C=O) groups is 2. The number of carboxylic acids is 1. The Hall–Kier alpha value is -3.48. The molecule has 2 heterocycles. The van der Waals surface area contributed by atoms with Crippen LogP contribution < -0.4 is 4.74 Å². The number of ether oxygens (including phenoxy) is 1. The van der Waals surface area contributed by atoms with Crippen LogP contribution in [0.25, 0.3) is 11.3 Å². The van der Waals surface area contributed by atoms with Crippen molar-refractivity contribution in [3.63, 3.8) is 0 Å². The zero-order chi connectivity index (χ0) is 23.3. The second-order valence-corrected chi connectivity index (χ2v) is 7.80. The van der Waals surface area contributed by atoms with Gasteiger partial charge < -0.3 is 23.6 Å². The van der Waals surface area contributed by atoms with Crippen molar-refractivity contribution in [2.24, 2.45) is 0 Å². The van der Waals surface area contributed by atoms with E-state index < -0.39 is 12.0 Å². The Morgan fingerprint density at radius 3 is 2.72 bits per heavy atom. The summed E-state index contributed by atoms with van der Waals surface area (Å²) in [7, 11) is 0. The first-order chi connectivity index (χ1) is 16.0. The van der Waals surface area contributed by atoms with E-state index in [1.165, 1.54) is 11.2 Å². The van der Waals surface area contributed by atoms with Crippen LogP contribution >= 0.6 is 0 Å². The molecule has 0 bridgehead atoms. The predicted octanol–water partition coefficient (Wildman–Crippen LogP) is 5.37. The van der Waals surface area contributed by atoms with Crippen molar-refractivity contribution in [2.45, 2.75) is 51.1 Å². The maximum absolute atomic E-state index is 13.3. The van der Waals surface area contributed by atoms with Gasteiger partial charge in [-0.1, -0.05) is 18.2 Å². The number of benzene rings is 1. The Bertz CT molecular complexity index is 1090. The van der Waals surface area contributed by atoms with E-state index in [9.17, 15) is 9.59 Å². The van der Waals surface area contributed by atoms with Gasteiger partial charge >= 0.3 is 5.97 Å². The van der Waals surface area contributed by atoms with Crippen molar-refractivity contribution in [1.29, 1.82) is 0 Å². The normalized spacial score (nSPS) is 14.6. The number of amides is 1. The summed E-state index contributed by atoms with van der Waals surface area (Å²) in [6.45, 7) is 0.690. The first-order valence-corrected chi connectivity index (χ1v) is 10.8. The Morgan fingerprint density at radius 2 is 1.97 bits per heavy atom. The highest BCUT2D eigenvalue weighted by atomic mass is 16.5. The number of carbonyl (C=O) groups excluding carboxylic acids is 1. The van der Waals surface area contributed by atoms with Crippen LogP contribution in [-0.2, 0) is 11.3 Å². The number of hydrogen-bond donors (Lipinski definition) is 1. The van der Waals surface area contributed by atoms with E-state index in [0.29, 0.717) is 42.9 Å². The van der Waals surface area contributed by atoms with Crippen LogP contribution in [-0.4, -0.2) is 34.5 Å². The van der Waals surface area contributed by atoms with E-state index in [1.54, 1.807) is 24.5 Å². The zero-order valence-electron chi connectivity index (χ0n) is 18.8. The van der Waals surface area contributed by atoms with E-state index in [1.807, 2.05) is 24.3 Å². The number of nitrogens with zero attached hydrogens (tertiary/aromatic N) is 1. The molecule has 1 fully saturated rings. The van der Waals surface area contributed by atoms with Crippen molar-refractivity contribution in [1.82, 2.24) is 4.90 Å². The van der Waals surface area contributed by atoms with Gasteiger partial charge in [0.15, 0.2) is 5.76 Å². The molecule has 1 aliphatic carbocycles. The summed E-state index contributed by atoms with van der Waals surface area (Å²) < 4.78 is 25.5. The Kier molecular flexibility index (Phi) is 6.52. The first kappa shape index (κ1) is 20.4. The maximum Gasteiger partial charge on any atom is 0.303 e. The van der Waals surface area contributed by atoms with E-state index >= 15 is 0 Å². The van der Waals surface area contributed by atoms with Crippen LogP contribution in [0, 0.1) is 0 Å². The second kappa shape index (κ2) is 10.2. The number of furan rings is 2. The zero-order valence-corrected chi connectivity index (χ0v) is 17.8. The van der Waals surface area contributed by atoms with Gasteiger partial charge in [-0.2, -0.15) is 0 Å². The smallest absolute Gasteiger partial charge is 0.303 e. The molecule has 0 unspecified atom stereocenters. The van der Waals surface area contributed by atoms with Crippen LogP contribution in [0.5, 0.6) is 5.75 Å². The topological polar surface area (TPSA) is 93.1 Å². The fraction of sp³-hybridized carbons (Fsp3) is 0.360. The minimum Gasteiger partial charge on any atom is -0.493 e. The van der Waals surface area contributed by atoms with Gasteiger partial charge in [-0.05, 0) is 50.3 Å². The molecule has 1 saturated carbocycles.